The maximum Gasteiger partial charge on any atom is 0.368 e. The van der Waals surface area contributed by atoms with E-state index in [9.17, 15) is 14.5 Å². The van der Waals surface area contributed by atoms with Crippen molar-refractivity contribution < 1.29 is 23.5 Å². The molecule has 7 heteroatoms. The van der Waals surface area contributed by atoms with Crippen LogP contribution in [0.4, 0.5) is 0 Å². The molecule has 0 aromatic heterocycles. The first kappa shape index (κ1) is 18.6. The minimum Gasteiger partial charge on any atom is -0.372 e. The number of carbonyl (C=O) groups excluding carboxylic acids is 1. The molecule has 19 heavy (non-hydrogen) atoms. The van der Waals surface area contributed by atoms with Crippen LogP contribution in [0.5, 0.6) is 0 Å². The average molecular weight is 295 g/mol. The van der Waals surface area contributed by atoms with Gasteiger partial charge in [-0.25, -0.2) is 0 Å². The van der Waals surface area contributed by atoms with Crippen LogP contribution in [0, 0.1) is 0 Å². The van der Waals surface area contributed by atoms with Gasteiger partial charge in [0.1, 0.15) is 0 Å². The predicted octanol–water partition coefficient (Wildman–Crippen LogP) is 2.22. The molecule has 1 amide bonds. The standard InChI is InChI=1S/C12H26NO5P/c1-7-17-19(16,18-8-2)12(15)11(14)13(9(3)4)10(5)6/h9-10,12,15H,7-8H2,1-6H3. The van der Waals surface area contributed by atoms with Crippen molar-refractivity contribution >= 4 is 13.5 Å². The first-order valence-electron chi connectivity index (χ1n) is 6.60. The zero-order chi connectivity index (χ0) is 15.2. The van der Waals surface area contributed by atoms with Gasteiger partial charge in [-0.05, 0) is 41.5 Å². The number of hydrogen-bond donors (Lipinski definition) is 1. The molecule has 0 saturated carbocycles. The highest BCUT2D eigenvalue weighted by molar-refractivity contribution is 7.55. The number of nitrogens with zero attached hydrogens (tertiary/aromatic N) is 1. The summed E-state index contributed by atoms with van der Waals surface area (Å²) in [6, 6.07) is -0.224. The molecular weight excluding hydrogens is 269 g/mol. The lowest BCUT2D eigenvalue weighted by molar-refractivity contribution is -0.140. The highest BCUT2D eigenvalue weighted by Crippen LogP contribution is 2.52. The molecule has 0 aliphatic rings. The lowest BCUT2D eigenvalue weighted by Crippen LogP contribution is -2.47. The van der Waals surface area contributed by atoms with Crippen LogP contribution in [0.25, 0.3) is 0 Å². The van der Waals surface area contributed by atoms with E-state index in [-0.39, 0.29) is 25.3 Å². The number of rotatable bonds is 8. The summed E-state index contributed by atoms with van der Waals surface area (Å²) in [6.45, 7) is 10.8. The SMILES string of the molecule is CCOP(=O)(OCC)C(O)C(=O)N(C(C)C)C(C)C. The topological polar surface area (TPSA) is 76.1 Å². The van der Waals surface area contributed by atoms with Crippen LogP contribution in [0.15, 0.2) is 0 Å². The molecule has 1 atom stereocenters. The van der Waals surface area contributed by atoms with E-state index in [4.69, 9.17) is 9.05 Å². The van der Waals surface area contributed by atoms with Crippen molar-refractivity contribution in [2.75, 3.05) is 13.2 Å². The second-order valence-electron chi connectivity index (χ2n) is 4.68. The van der Waals surface area contributed by atoms with Crippen LogP contribution in [-0.2, 0) is 18.4 Å². The van der Waals surface area contributed by atoms with Crippen molar-refractivity contribution in [3.05, 3.63) is 0 Å². The molecule has 0 radical (unpaired) electrons. The van der Waals surface area contributed by atoms with Crippen molar-refractivity contribution in [2.45, 2.75) is 59.5 Å². The second-order valence-corrected chi connectivity index (χ2v) is 6.77. The summed E-state index contributed by atoms with van der Waals surface area (Å²) < 4.78 is 22.4. The van der Waals surface area contributed by atoms with E-state index in [1.165, 1.54) is 4.90 Å². The normalized spacial score (nSPS) is 13.9. The Kier molecular flexibility index (Phi) is 7.82. The lowest BCUT2D eigenvalue weighted by atomic mass is 10.2. The zero-order valence-electron chi connectivity index (χ0n) is 12.6. The van der Waals surface area contributed by atoms with Gasteiger partial charge in [0.2, 0.25) is 5.85 Å². The van der Waals surface area contributed by atoms with Crippen molar-refractivity contribution in [1.29, 1.82) is 0 Å². The summed E-state index contributed by atoms with van der Waals surface area (Å²) in [5.41, 5.74) is 0. The molecule has 1 N–H and O–H groups in total. The molecule has 0 aromatic carbocycles. The number of carbonyl (C=O) groups is 1. The summed E-state index contributed by atoms with van der Waals surface area (Å²) in [5, 5.41) is 10.1. The van der Waals surface area contributed by atoms with Gasteiger partial charge in [0.25, 0.3) is 5.91 Å². The predicted molar refractivity (Wildman–Crippen MR) is 74.0 cm³/mol. The number of amides is 1. The van der Waals surface area contributed by atoms with Crippen molar-refractivity contribution in [2.24, 2.45) is 0 Å². The zero-order valence-corrected chi connectivity index (χ0v) is 13.5. The summed E-state index contributed by atoms with van der Waals surface area (Å²) in [6.07, 6.45) is 0. The van der Waals surface area contributed by atoms with Crippen LogP contribution in [0.2, 0.25) is 0 Å². The highest BCUT2D eigenvalue weighted by Gasteiger charge is 2.42. The quantitative estimate of drug-likeness (QED) is 0.695. The van der Waals surface area contributed by atoms with Crippen LogP contribution in [0.3, 0.4) is 0 Å². The molecule has 0 heterocycles. The van der Waals surface area contributed by atoms with Crippen LogP contribution in [-0.4, -0.2) is 47.1 Å². The van der Waals surface area contributed by atoms with Crippen molar-refractivity contribution in [1.82, 2.24) is 4.90 Å². The number of aliphatic hydroxyl groups is 1. The van der Waals surface area contributed by atoms with Gasteiger partial charge in [-0.15, -0.1) is 0 Å². The third-order valence-electron chi connectivity index (χ3n) is 2.51. The lowest BCUT2D eigenvalue weighted by Gasteiger charge is -2.33. The van der Waals surface area contributed by atoms with E-state index in [1.807, 2.05) is 27.7 Å². The Morgan fingerprint density at radius 3 is 1.74 bits per heavy atom. The molecule has 1 unspecified atom stereocenters. The van der Waals surface area contributed by atoms with Gasteiger partial charge < -0.3 is 19.1 Å². The fourth-order valence-corrected chi connectivity index (χ4v) is 3.39. The molecule has 114 valence electrons. The Balaban J connectivity index is 5.18. The average Bonchev–Trinajstić information content (AvgIpc) is 2.27. The van der Waals surface area contributed by atoms with Gasteiger partial charge in [-0.3, -0.25) is 9.36 Å². The van der Waals surface area contributed by atoms with Crippen LogP contribution >= 0.6 is 7.60 Å². The Morgan fingerprint density at radius 1 is 1.11 bits per heavy atom. The summed E-state index contributed by atoms with van der Waals surface area (Å²) in [4.78, 5) is 13.7. The minimum absolute atomic E-state index is 0.102. The van der Waals surface area contributed by atoms with E-state index in [1.54, 1.807) is 13.8 Å². The van der Waals surface area contributed by atoms with E-state index in [0.717, 1.165) is 0 Å². The van der Waals surface area contributed by atoms with Gasteiger partial charge in [-0.2, -0.15) is 0 Å². The van der Waals surface area contributed by atoms with Crippen molar-refractivity contribution in [3.8, 4) is 0 Å². The van der Waals surface area contributed by atoms with Gasteiger partial charge in [0.15, 0.2) is 0 Å². The van der Waals surface area contributed by atoms with Gasteiger partial charge in [0.05, 0.1) is 13.2 Å². The fraction of sp³-hybridized carbons (Fsp3) is 0.917. The van der Waals surface area contributed by atoms with Crippen molar-refractivity contribution in [3.63, 3.8) is 0 Å². The van der Waals surface area contributed by atoms with E-state index in [2.05, 4.69) is 0 Å². The molecule has 0 saturated heterocycles. The first-order chi connectivity index (χ1) is 8.71. The molecule has 0 aromatic rings. The maximum atomic E-state index is 12.4. The fourth-order valence-electron chi connectivity index (χ4n) is 1.91. The molecule has 0 aliphatic carbocycles. The van der Waals surface area contributed by atoms with Crippen LogP contribution < -0.4 is 0 Å². The van der Waals surface area contributed by atoms with Crippen LogP contribution in [0.1, 0.15) is 41.5 Å². The van der Waals surface area contributed by atoms with Gasteiger partial charge >= 0.3 is 7.60 Å². The Labute approximate surface area is 115 Å². The largest absolute Gasteiger partial charge is 0.372 e. The molecule has 0 spiro atoms. The monoisotopic (exact) mass is 295 g/mol. The molecule has 0 aliphatic heterocycles. The third-order valence-corrected chi connectivity index (χ3v) is 4.56. The molecular formula is C12H26NO5P. The maximum absolute atomic E-state index is 12.4. The van der Waals surface area contributed by atoms with E-state index >= 15 is 0 Å². The van der Waals surface area contributed by atoms with E-state index < -0.39 is 19.3 Å². The first-order valence-corrected chi connectivity index (χ1v) is 8.21. The van der Waals surface area contributed by atoms with Gasteiger partial charge in [-0.1, -0.05) is 0 Å². The molecule has 0 fully saturated rings. The highest BCUT2D eigenvalue weighted by atomic mass is 31.2. The molecule has 0 bridgehead atoms. The second kappa shape index (κ2) is 8.00. The number of hydrogen-bond acceptors (Lipinski definition) is 5. The minimum atomic E-state index is -3.84. The third kappa shape index (κ3) is 4.88. The molecule has 6 nitrogen and oxygen atoms in total. The summed E-state index contributed by atoms with van der Waals surface area (Å²) >= 11 is 0. The van der Waals surface area contributed by atoms with E-state index in [0.29, 0.717) is 0 Å². The Hall–Kier alpha value is -0.420. The molecule has 0 rings (SSSR count). The smallest absolute Gasteiger partial charge is 0.368 e. The summed E-state index contributed by atoms with van der Waals surface area (Å²) in [5.74, 6) is -2.41. The summed E-state index contributed by atoms with van der Waals surface area (Å²) in [7, 11) is -3.84. The van der Waals surface area contributed by atoms with Gasteiger partial charge in [0, 0.05) is 12.1 Å². The number of aliphatic hydroxyl groups excluding tert-OH is 1. The Morgan fingerprint density at radius 2 is 1.47 bits per heavy atom. The Bertz CT molecular complexity index is 314.